The molecular formula is C13H17NO3S. The number of thioether (sulfide) groups is 1. The van der Waals surface area contributed by atoms with Crippen molar-refractivity contribution in [1.82, 2.24) is 0 Å². The van der Waals surface area contributed by atoms with Gasteiger partial charge in [-0.3, -0.25) is 4.79 Å². The highest BCUT2D eigenvalue weighted by molar-refractivity contribution is 8.19. The van der Waals surface area contributed by atoms with Crippen LogP contribution in [0, 0.1) is 0 Å². The Hall–Kier alpha value is -1.36. The predicted molar refractivity (Wildman–Crippen MR) is 73.4 cm³/mol. The Kier molecular flexibility index (Phi) is 5.85. The van der Waals surface area contributed by atoms with Crippen LogP contribution in [0.25, 0.3) is 0 Å². The van der Waals surface area contributed by atoms with Gasteiger partial charge in [-0.25, -0.2) is 9.79 Å². The van der Waals surface area contributed by atoms with E-state index in [-0.39, 0.29) is 5.91 Å². The van der Waals surface area contributed by atoms with Gasteiger partial charge in [-0.15, -0.1) is 0 Å². The van der Waals surface area contributed by atoms with Gasteiger partial charge in [0.05, 0.1) is 17.1 Å². The van der Waals surface area contributed by atoms with Gasteiger partial charge in [0.1, 0.15) is 5.04 Å². The highest BCUT2D eigenvalue weighted by atomic mass is 32.2. The number of carbonyl (C=O) groups excluding carboxylic acids is 2. The van der Waals surface area contributed by atoms with Gasteiger partial charge in [-0.05, 0) is 19.8 Å². The third-order valence-electron chi connectivity index (χ3n) is 2.14. The Morgan fingerprint density at radius 3 is 2.61 bits per heavy atom. The molecule has 1 amide bonds. The van der Waals surface area contributed by atoms with Crippen molar-refractivity contribution in [2.24, 2.45) is 4.99 Å². The number of hydrogen-bond donors (Lipinski definition) is 0. The lowest BCUT2D eigenvalue weighted by Gasteiger charge is -2.05. The summed E-state index contributed by atoms with van der Waals surface area (Å²) in [6.45, 7) is 5.93. The van der Waals surface area contributed by atoms with E-state index < -0.39 is 5.97 Å². The van der Waals surface area contributed by atoms with E-state index in [9.17, 15) is 9.59 Å². The molecule has 1 aliphatic rings. The highest BCUT2D eigenvalue weighted by Gasteiger charge is 2.27. The summed E-state index contributed by atoms with van der Waals surface area (Å²) < 4.78 is 4.97. The van der Waals surface area contributed by atoms with Crippen LogP contribution in [0.4, 0.5) is 0 Å². The Bertz CT molecular complexity index is 436. The highest BCUT2D eigenvalue weighted by Crippen LogP contribution is 2.31. The summed E-state index contributed by atoms with van der Waals surface area (Å²) >= 11 is 1.24. The topological polar surface area (TPSA) is 55.7 Å². The maximum atomic E-state index is 11.8. The number of allylic oxidation sites excluding steroid dienone is 2. The number of ether oxygens (including phenoxy) is 1. The zero-order valence-electron chi connectivity index (χ0n) is 10.9. The van der Waals surface area contributed by atoms with Crippen molar-refractivity contribution < 1.29 is 14.3 Å². The first-order valence-corrected chi connectivity index (χ1v) is 6.84. The van der Waals surface area contributed by atoms with Gasteiger partial charge in [0.15, 0.2) is 0 Å². The number of carbonyl (C=O) groups is 2. The van der Waals surface area contributed by atoms with Crippen LogP contribution in [0.1, 0.15) is 33.6 Å². The fourth-order valence-corrected chi connectivity index (χ4v) is 2.41. The molecule has 1 heterocycles. The van der Waals surface area contributed by atoms with E-state index in [1.54, 1.807) is 13.0 Å². The maximum Gasteiger partial charge on any atom is 0.340 e. The quantitative estimate of drug-likeness (QED) is 0.567. The molecular weight excluding hydrogens is 250 g/mol. The Balaban J connectivity index is 2.94. The minimum absolute atomic E-state index is 0.275. The predicted octanol–water partition coefficient (Wildman–Crippen LogP) is 2.85. The second kappa shape index (κ2) is 7.16. The second-order valence-electron chi connectivity index (χ2n) is 3.55. The fourth-order valence-electron chi connectivity index (χ4n) is 1.42. The summed E-state index contributed by atoms with van der Waals surface area (Å²) in [6.07, 6.45) is 5.02. The first-order valence-electron chi connectivity index (χ1n) is 6.02. The van der Waals surface area contributed by atoms with Crippen molar-refractivity contribution in [3.8, 4) is 0 Å². The van der Waals surface area contributed by atoms with Crippen molar-refractivity contribution in [2.75, 3.05) is 6.61 Å². The molecule has 0 aromatic rings. The second-order valence-corrected chi connectivity index (χ2v) is 4.58. The molecule has 0 saturated heterocycles. The van der Waals surface area contributed by atoms with Crippen molar-refractivity contribution in [3.05, 3.63) is 22.6 Å². The Morgan fingerprint density at radius 1 is 1.33 bits per heavy atom. The standard InChI is InChI=1S/C13H17NO3S/c1-4-7-9(13(16)17-6-3)12-14-11(15)10(18-12)8-5-2/h7-8H,4-6H2,1-3H3. The van der Waals surface area contributed by atoms with Crippen LogP contribution in [0.3, 0.4) is 0 Å². The van der Waals surface area contributed by atoms with Crippen molar-refractivity contribution >= 4 is 28.7 Å². The average molecular weight is 267 g/mol. The molecule has 0 saturated carbocycles. The molecule has 0 aliphatic carbocycles. The van der Waals surface area contributed by atoms with Crippen LogP contribution in [-0.2, 0) is 14.3 Å². The summed E-state index contributed by atoms with van der Waals surface area (Å²) in [5.41, 5.74) is 0.386. The molecule has 18 heavy (non-hydrogen) atoms. The van der Waals surface area contributed by atoms with Gasteiger partial charge in [-0.1, -0.05) is 37.8 Å². The van der Waals surface area contributed by atoms with Gasteiger partial charge in [0, 0.05) is 0 Å². The largest absolute Gasteiger partial charge is 0.462 e. The third kappa shape index (κ3) is 3.57. The molecule has 0 atom stereocenters. The lowest BCUT2D eigenvalue weighted by molar-refractivity contribution is -0.137. The summed E-state index contributed by atoms with van der Waals surface area (Å²) in [5.74, 6) is -0.695. The molecule has 0 spiro atoms. The normalized spacial score (nSPS) is 18.2. The zero-order valence-corrected chi connectivity index (χ0v) is 11.7. The van der Waals surface area contributed by atoms with Gasteiger partial charge < -0.3 is 4.74 Å². The molecule has 0 fully saturated rings. The molecule has 1 aliphatic heterocycles. The van der Waals surface area contributed by atoms with Gasteiger partial charge in [0.2, 0.25) is 0 Å². The van der Waals surface area contributed by atoms with E-state index in [1.807, 2.05) is 19.9 Å². The number of amides is 1. The van der Waals surface area contributed by atoms with Crippen molar-refractivity contribution in [1.29, 1.82) is 0 Å². The molecule has 0 aromatic carbocycles. The lowest BCUT2D eigenvalue weighted by atomic mass is 10.2. The average Bonchev–Trinajstić information content (AvgIpc) is 2.68. The van der Waals surface area contributed by atoms with Crippen LogP contribution in [0.15, 0.2) is 27.6 Å². The van der Waals surface area contributed by atoms with Gasteiger partial charge in [0.25, 0.3) is 5.91 Å². The van der Waals surface area contributed by atoms with E-state index in [2.05, 4.69) is 4.99 Å². The monoisotopic (exact) mass is 267 g/mol. The summed E-state index contributed by atoms with van der Waals surface area (Å²) in [7, 11) is 0. The first-order chi connectivity index (χ1) is 8.63. The van der Waals surface area contributed by atoms with Crippen LogP contribution >= 0.6 is 11.8 Å². The smallest absolute Gasteiger partial charge is 0.340 e. The first kappa shape index (κ1) is 14.7. The van der Waals surface area contributed by atoms with Crippen LogP contribution < -0.4 is 0 Å². The zero-order chi connectivity index (χ0) is 13.5. The third-order valence-corrected chi connectivity index (χ3v) is 3.21. The van der Waals surface area contributed by atoms with E-state index in [4.69, 9.17) is 4.74 Å². The van der Waals surface area contributed by atoms with Crippen LogP contribution in [0.2, 0.25) is 0 Å². The number of aliphatic imine (C=N–C) groups is 1. The molecule has 1 rings (SSSR count). The maximum absolute atomic E-state index is 11.8. The van der Waals surface area contributed by atoms with E-state index in [0.717, 1.165) is 6.42 Å². The Morgan fingerprint density at radius 2 is 2.06 bits per heavy atom. The number of nitrogens with zero attached hydrogens (tertiary/aromatic N) is 1. The minimum Gasteiger partial charge on any atom is -0.462 e. The Labute approximate surface area is 111 Å². The molecule has 0 radical (unpaired) electrons. The molecule has 5 heteroatoms. The number of esters is 1. The van der Waals surface area contributed by atoms with Crippen LogP contribution in [0.5, 0.6) is 0 Å². The summed E-state index contributed by atoms with van der Waals surface area (Å²) in [6, 6.07) is 0. The van der Waals surface area contributed by atoms with E-state index >= 15 is 0 Å². The van der Waals surface area contributed by atoms with Crippen molar-refractivity contribution in [3.63, 3.8) is 0 Å². The van der Waals surface area contributed by atoms with Gasteiger partial charge in [-0.2, -0.15) is 0 Å². The van der Waals surface area contributed by atoms with Crippen molar-refractivity contribution in [2.45, 2.75) is 33.6 Å². The number of hydrogen-bond acceptors (Lipinski definition) is 4. The van der Waals surface area contributed by atoms with E-state index in [1.165, 1.54) is 11.8 Å². The molecule has 0 unspecified atom stereocenters. The summed E-state index contributed by atoms with van der Waals surface area (Å²) in [4.78, 5) is 27.9. The fraction of sp³-hybridized carbons (Fsp3) is 0.462. The minimum atomic E-state index is -0.420. The van der Waals surface area contributed by atoms with Crippen LogP contribution in [-0.4, -0.2) is 23.5 Å². The van der Waals surface area contributed by atoms with Gasteiger partial charge >= 0.3 is 5.97 Å². The number of rotatable bonds is 5. The van der Waals surface area contributed by atoms with E-state index in [0.29, 0.717) is 28.5 Å². The SMILES string of the molecule is CCC=C1SC(C(=CCC)C(=O)OCC)=NC1=O. The molecule has 0 aromatic heterocycles. The molecule has 98 valence electrons. The molecule has 0 N–H and O–H groups in total. The molecule has 4 nitrogen and oxygen atoms in total. The lowest BCUT2D eigenvalue weighted by Crippen LogP contribution is -2.13. The summed E-state index contributed by atoms with van der Waals surface area (Å²) in [5, 5.41) is 0.444. The molecule has 0 bridgehead atoms.